The van der Waals surface area contributed by atoms with Crippen LogP contribution in [0.25, 0.3) is 55.1 Å². The smallest absolute Gasteiger partial charge is 0.518 e. The molecule has 0 radical (unpaired) electrons. The molecule has 1 atom stereocenters. The summed E-state index contributed by atoms with van der Waals surface area (Å²) in [5.74, 6) is 0.966. The van der Waals surface area contributed by atoms with Crippen molar-refractivity contribution < 1.29 is 25.8 Å². The van der Waals surface area contributed by atoms with Gasteiger partial charge in [0.1, 0.15) is 18.2 Å². The molecule has 262 valence electrons. The number of fused-ring (bicyclic) bond motifs is 6. The van der Waals surface area contributed by atoms with Crippen molar-refractivity contribution in [1.82, 2.24) is 14.1 Å². The molecule has 0 N–H and O–H groups in total. The minimum Gasteiger partial charge on any atom is -0.518 e. The Morgan fingerprint density at radius 1 is 0.784 bits per heavy atom. The zero-order chi connectivity index (χ0) is 35.3. The van der Waals surface area contributed by atoms with E-state index in [0.29, 0.717) is 18.4 Å². The average Bonchev–Trinajstić information content (AvgIpc) is 3.73. The van der Waals surface area contributed by atoms with Crippen LogP contribution in [0.4, 0.5) is 0 Å². The van der Waals surface area contributed by atoms with Gasteiger partial charge in [-0.15, -0.1) is 41.3 Å². The third kappa shape index (κ3) is 5.73. The molecule has 8 rings (SSSR count). The number of rotatable bonds is 4. The van der Waals surface area contributed by atoms with Gasteiger partial charge in [0, 0.05) is 22.5 Å². The molecule has 0 aliphatic carbocycles. The number of aryl methyl sites for hydroxylation is 1. The number of hydrogen-bond donors (Lipinski definition) is 0. The van der Waals surface area contributed by atoms with Crippen molar-refractivity contribution in [3.05, 3.63) is 113 Å². The summed E-state index contributed by atoms with van der Waals surface area (Å²) >= 11 is 0. The van der Waals surface area contributed by atoms with E-state index in [4.69, 9.17) is 14.7 Å². The van der Waals surface area contributed by atoms with E-state index in [9.17, 15) is 0 Å². The molecular formula is C45H46N4OPt. The second-order valence-electron chi connectivity index (χ2n) is 16.8. The molecule has 0 spiro atoms. The monoisotopic (exact) mass is 853 g/mol. The minimum absolute atomic E-state index is 0. The molecule has 0 saturated carbocycles. The summed E-state index contributed by atoms with van der Waals surface area (Å²) in [7, 11) is 0. The Hall–Kier alpha value is -4.21. The fourth-order valence-electron chi connectivity index (χ4n) is 7.15. The first-order chi connectivity index (χ1) is 23.6. The summed E-state index contributed by atoms with van der Waals surface area (Å²) in [6.07, 6.45) is 1.88. The maximum absolute atomic E-state index is 6.35. The molecule has 51 heavy (non-hydrogen) atoms. The number of benzene rings is 4. The number of ether oxygens (including phenoxy) is 1. The Labute approximate surface area is 316 Å². The summed E-state index contributed by atoms with van der Waals surface area (Å²) in [4.78, 5) is 10.1. The van der Waals surface area contributed by atoms with E-state index in [2.05, 4.69) is 157 Å². The first-order valence-electron chi connectivity index (χ1n) is 17.8. The Bertz CT molecular complexity index is 2520. The van der Waals surface area contributed by atoms with Crippen LogP contribution in [0.5, 0.6) is 0 Å². The molecule has 7 aromatic rings. The van der Waals surface area contributed by atoms with Crippen LogP contribution in [-0.4, -0.2) is 32.2 Å². The second-order valence-corrected chi connectivity index (χ2v) is 16.8. The number of nitrogens with zero attached hydrogens (tertiary/aromatic N) is 4. The van der Waals surface area contributed by atoms with Crippen LogP contribution < -0.4 is 0 Å². The summed E-state index contributed by atoms with van der Waals surface area (Å²) in [5, 5.41) is 4.68. The largest absolute Gasteiger partial charge is 2.00 e. The van der Waals surface area contributed by atoms with Crippen LogP contribution in [0.1, 0.15) is 90.5 Å². The maximum atomic E-state index is 6.35. The van der Waals surface area contributed by atoms with Gasteiger partial charge in [-0.2, -0.15) is 6.07 Å². The number of aromatic nitrogens is 3. The molecule has 4 heterocycles. The molecule has 4 aromatic carbocycles. The van der Waals surface area contributed by atoms with Crippen molar-refractivity contribution in [1.29, 1.82) is 0 Å². The molecule has 0 saturated heterocycles. The Morgan fingerprint density at radius 2 is 1.51 bits per heavy atom. The van der Waals surface area contributed by atoms with E-state index in [1.165, 1.54) is 27.5 Å². The van der Waals surface area contributed by atoms with E-state index in [1.807, 2.05) is 12.3 Å². The molecule has 1 aliphatic heterocycles. The Kier molecular flexibility index (Phi) is 8.42. The summed E-state index contributed by atoms with van der Waals surface area (Å²) in [5.41, 5.74) is 10.4. The molecule has 0 unspecified atom stereocenters. The quantitative estimate of drug-likeness (QED) is 0.166. The van der Waals surface area contributed by atoms with Crippen LogP contribution in [-0.2, 0) is 31.2 Å². The summed E-state index contributed by atoms with van der Waals surface area (Å²) < 4.78 is 10.9. The third-order valence-corrected chi connectivity index (χ3v) is 10.9. The number of aliphatic imine (C=N–C) groups is 1. The minimum atomic E-state index is -0.318. The molecule has 1 aliphatic rings. The summed E-state index contributed by atoms with van der Waals surface area (Å²) in [6.45, 7) is 22.8. The van der Waals surface area contributed by atoms with E-state index >= 15 is 0 Å². The van der Waals surface area contributed by atoms with Crippen molar-refractivity contribution in [3.63, 3.8) is 0 Å². The maximum Gasteiger partial charge on any atom is 2.00 e. The molecule has 0 fully saturated rings. The number of hydrogen-bond acceptors (Lipinski definition) is 3. The van der Waals surface area contributed by atoms with Crippen molar-refractivity contribution >= 4 is 49.6 Å². The molecule has 3 aromatic heterocycles. The zero-order valence-electron chi connectivity index (χ0n) is 31.3. The SMILES string of the molecule is Cc1ccc2c(c1)c1ccc(-n3c4ccc(C(C)(C)C)cc4c4cccnc43)[c-]c1n2-c1[c-]c(C2=N[C@](C)(C(C)(C)C)CO2)cc(C(C)C)c1.[Pt+2]. The average molecular weight is 854 g/mol. The zero-order valence-corrected chi connectivity index (χ0v) is 33.6. The van der Waals surface area contributed by atoms with Crippen LogP contribution in [0.15, 0.2) is 84.0 Å². The van der Waals surface area contributed by atoms with Gasteiger partial charge in [-0.1, -0.05) is 95.9 Å². The fraction of sp³-hybridized carbons (Fsp3) is 0.333. The van der Waals surface area contributed by atoms with Gasteiger partial charge >= 0.3 is 21.1 Å². The van der Waals surface area contributed by atoms with Crippen LogP contribution in [0, 0.1) is 24.5 Å². The van der Waals surface area contributed by atoms with Gasteiger partial charge < -0.3 is 13.9 Å². The Morgan fingerprint density at radius 3 is 2.22 bits per heavy atom. The molecule has 0 amide bonds. The van der Waals surface area contributed by atoms with Gasteiger partial charge in [-0.25, -0.2) is 4.98 Å². The van der Waals surface area contributed by atoms with E-state index in [1.54, 1.807) is 0 Å². The van der Waals surface area contributed by atoms with E-state index in [0.717, 1.165) is 49.9 Å². The van der Waals surface area contributed by atoms with Gasteiger partial charge in [-0.3, -0.25) is 4.99 Å². The van der Waals surface area contributed by atoms with E-state index < -0.39 is 0 Å². The predicted octanol–water partition coefficient (Wildman–Crippen LogP) is 11.2. The first kappa shape index (κ1) is 35.2. The first-order valence-corrected chi connectivity index (χ1v) is 17.8. The fourth-order valence-corrected chi connectivity index (χ4v) is 7.15. The van der Waals surface area contributed by atoms with Crippen LogP contribution in [0.2, 0.25) is 0 Å². The van der Waals surface area contributed by atoms with Gasteiger partial charge in [-0.05, 0) is 77.6 Å². The summed E-state index contributed by atoms with van der Waals surface area (Å²) in [6, 6.07) is 34.3. The predicted molar refractivity (Wildman–Crippen MR) is 208 cm³/mol. The van der Waals surface area contributed by atoms with Gasteiger partial charge in [0.2, 0.25) is 0 Å². The molecular weight excluding hydrogens is 808 g/mol. The van der Waals surface area contributed by atoms with Gasteiger partial charge in [0.05, 0.1) is 11.1 Å². The van der Waals surface area contributed by atoms with Crippen LogP contribution in [0.3, 0.4) is 0 Å². The standard InChI is InChI=1S/C45H46N4O.Pt/c1-27(2)29-21-30(42-47-45(10,26-50-42)44(7,8)9)23-33(22-29)48-38-17-13-28(3)20-36(38)34-16-15-32(25-40(34)48)49-39-18-14-31(43(4,5)6)24-37(39)35-12-11-19-46-41(35)49;/h11-22,24,27H,26H2,1-10H3;/q-2;+2/t45-;/m0./s1. The number of pyridine rings is 1. The van der Waals surface area contributed by atoms with Crippen molar-refractivity contribution in [2.75, 3.05) is 6.61 Å². The van der Waals surface area contributed by atoms with Crippen molar-refractivity contribution in [2.24, 2.45) is 10.4 Å². The molecule has 5 nitrogen and oxygen atoms in total. The van der Waals surface area contributed by atoms with Crippen LogP contribution >= 0.6 is 0 Å². The Balaban J connectivity index is 0.00000406. The third-order valence-electron chi connectivity index (χ3n) is 10.9. The van der Waals surface area contributed by atoms with Gasteiger partial charge in [0.25, 0.3) is 0 Å². The van der Waals surface area contributed by atoms with Gasteiger partial charge in [0.15, 0.2) is 0 Å². The topological polar surface area (TPSA) is 44.3 Å². The van der Waals surface area contributed by atoms with Crippen molar-refractivity contribution in [3.8, 4) is 11.4 Å². The van der Waals surface area contributed by atoms with E-state index in [-0.39, 0.29) is 37.4 Å². The molecule has 0 bridgehead atoms. The normalized spacial score (nSPS) is 16.7. The molecule has 6 heteroatoms. The van der Waals surface area contributed by atoms with Crippen molar-refractivity contribution in [2.45, 2.75) is 86.1 Å². The second kappa shape index (κ2) is 12.2.